The maximum atomic E-state index is 11.6. The Hall–Kier alpha value is -0.760. The first kappa shape index (κ1) is 29.8. The highest BCUT2D eigenvalue weighted by molar-refractivity contribution is 5.27. The minimum atomic E-state index is -0.811. The standard InChI is InChI=1S/C30H52O6/c1-20-10-13-24(32)28(6,17-9-16-26(2,3)36-34)21(20)11-12-22-29(7)18-14-23(31)27(4,5)35-25(29)15-19-30(22,8)33/h9,16,22-25,31-34H,10-15,17-19H2,1-8H3/b16-9+/t22-,23-,24+,25-,28-,29-,30+/m0/s1. The molecular weight excluding hydrogens is 456 g/mol. The van der Waals surface area contributed by atoms with Crippen LogP contribution in [-0.2, 0) is 9.62 Å². The monoisotopic (exact) mass is 508 g/mol. The Morgan fingerprint density at radius 1 is 1.03 bits per heavy atom. The third kappa shape index (κ3) is 5.79. The van der Waals surface area contributed by atoms with Crippen molar-refractivity contribution in [1.29, 1.82) is 0 Å². The van der Waals surface area contributed by atoms with Crippen LogP contribution in [0.15, 0.2) is 23.3 Å². The summed E-state index contributed by atoms with van der Waals surface area (Å²) < 4.78 is 6.55. The lowest BCUT2D eigenvalue weighted by Crippen LogP contribution is -2.56. The van der Waals surface area contributed by atoms with E-state index in [1.165, 1.54) is 11.1 Å². The van der Waals surface area contributed by atoms with Crippen molar-refractivity contribution in [2.75, 3.05) is 0 Å². The Morgan fingerprint density at radius 3 is 2.33 bits per heavy atom. The summed E-state index contributed by atoms with van der Waals surface area (Å²) in [5.41, 5.74) is -0.226. The Balaban J connectivity index is 1.88. The number of ether oxygens (including phenoxy) is 1. The topological polar surface area (TPSA) is 99.4 Å². The lowest BCUT2D eigenvalue weighted by Gasteiger charge is -2.54. The Morgan fingerprint density at radius 2 is 1.69 bits per heavy atom. The molecule has 7 atom stereocenters. The van der Waals surface area contributed by atoms with Crippen molar-refractivity contribution in [3.8, 4) is 0 Å². The van der Waals surface area contributed by atoms with E-state index in [-0.39, 0.29) is 17.4 Å². The summed E-state index contributed by atoms with van der Waals surface area (Å²) in [6.45, 7) is 16.1. The highest BCUT2D eigenvalue weighted by atomic mass is 17.1. The van der Waals surface area contributed by atoms with Gasteiger partial charge in [0.1, 0.15) is 5.60 Å². The number of aliphatic hydroxyl groups is 3. The normalized spacial score (nSPS) is 41.9. The summed E-state index contributed by atoms with van der Waals surface area (Å²) in [5, 5.41) is 42.7. The fourth-order valence-corrected chi connectivity index (χ4v) is 7.45. The van der Waals surface area contributed by atoms with Crippen molar-refractivity contribution >= 4 is 0 Å². The van der Waals surface area contributed by atoms with Crippen LogP contribution in [0.2, 0.25) is 0 Å². The molecule has 3 rings (SSSR count). The minimum absolute atomic E-state index is 0.00284. The van der Waals surface area contributed by atoms with Gasteiger partial charge in [0.25, 0.3) is 0 Å². The van der Waals surface area contributed by atoms with E-state index in [0.29, 0.717) is 19.3 Å². The molecule has 3 aliphatic rings. The molecule has 6 nitrogen and oxygen atoms in total. The van der Waals surface area contributed by atoms with Crippen LogP contribution in [0.5, 0.6) is 0 Å². The molecule has 1 aliphatic heterocycles. The van der Waals surface area contributed by atoms with Gasteiger partial charge < -0.3 is 20.1 Å². The molecule has 4 N–H and O–H groups in total. The molecule has 1 heterocycles. The summed E-state index contributed by atoms with van der Waals surface area (Å²) in [6.07, 6.45) is 9.72. The van der Waals surface area contributed by atoms with E-state index in [4.69, 9.17) is 9.99 Å². The van der Waals surface area contributed by atoms with Crippen molar-refractivity contribution < 1.29 is 30.2 Å². The van der Waals surface area contributed by atoms with Gasteiger partial charge in [-0.15, -0.1) is 0 Å². The smallest absolute Gasteiger partial charge is 0.116 e. The SMILES string of the molecule is CC1=C(CC[C@H]2[C@]3(C)CC[C@H](O)C(C)(C)O[C@H]3CC[C@@]2(C)O)[C@](C)(C/C=C/C(C)(C)OO)[C@H](O)CC1. The molecule has 2 fully saturated rings. The maximum absolute atomic E-state index is 11.6. The molecule has 2 aliphatic carbocycles. The second kappa shape index (κ2) is 10.4. The lowest BCUT2D eigenvalue weighted by molar-refractivity contribution is -0.297. The fraction of sp³-hybridized carbons (Fsp3) is 0.867. The van der Waals surface area contributed by atoms with Crippen LogP contribution in [0.3, 0.4) is 0 Å². The molecule has 0 spiro atoms. The van der Waals surface area contributed by atoms with Crippen LogP contribution in [0.4, 0.5) is 0 Å². The molecule has 0 radical (unpaired) electrons. The van der Waals surface area contributed by atoms with E-state index < -0.39 is 34.4 Å². The van der Waals surface area contributed by atoms with Gasteiger partial charge in [-0.2, -0.15) is 0 Å². The van der Waals surface area contributed by atoms with Gasteiger partial charge in [0.2, 0.25) is 0 Å². The van der Waals surface area contributed by atoms with Crippen LogP contribution >= 0.6 is 0 Å². The predicted molar refractivity (Wildman–Crippen MR) is 142 cm³/mol. The van der Waals surface area contributed by atoms with Gasteiger partial charge in [0, 0.05) is 5.41 Å². The summed E-state index contributed by atoms with van der Waals surface area (Å²) in [6, 6.07) is 0. The molecule has 0 aromatic heterocycles. The van der Waals surface area contributed by atoms with Crippen molar-refractivity contribution in [1.82, 2.24) is 0 Å². The van der Waals surface area contributed by atoms with E-state index in [0.717, 1.165) is 38.5 Å². The number of hydrogen-bond acceptors (Lipinski definition) is 6. The molecule has 0 aromatic carbocycles. The van der Waals surface area contributed by atoms with E-state index >= 15 is 0 Å². The average molecular weight is 509 g/mol. The van der Waals surface area contributed by atoms with Gasteiger partial charge in [-0.1, -0.05) is 37.1 Å². The summed E-state index contributed by atoms with van der Waals surface area (Å²) in [5.74, 6) is 0.0192. The van der Waals surface area contributed by atoms with Gasteiger partial charge in [-0.25, -0.2) is 4.89 Å². The van der Waals surface area contributed by atoms with Gasteiger partial charge >= 0.3 is 0 Å². The predicted octanol–water partition coefficient (Wildman–Crippen LogP) is 5.94. The molecule has 0 unspecified atom stereocenters. The van der Waals surface area contributed by atoms with Crippen LogP contribution in [0.25, 0.3) is 0 Å². The zero-order valence-electron chi connectivity index (χ0n) is 23.9. The number of aliphatic hydroxyl groups excluding tert-OH is 2. The van der Waals surface area contributed by atoms with Gasteiger partial charge in [0.15, 0.2) is 0 Å². The van der Waals surface area contributed by atoms with Crippen LogP contribution in [0, 0.1) is 16.7 Å². The molecule has 0 amide bonds. The average Bonchev–Trinajstić information content (AvgIpc) is 2.87. The number of fused-ring (bicyclic) bond motifs is 1. The van der Waals surface area contributed by atoms with Gasteiger partial charge in [-0.3, -0.25) is 5.26 Å². The maximum Gasteiger partial charge on any atom is 0.116 e. The highest BCUT2D eigenvalue weighted by Crippen LogP contribution is 2.56. The fourth-order valence-electron chi connectivity index (χ4n) is 7.45. The molecular formula is C30H52O6. The zero-order valence-corrected chi connectivity index (χ0v) is 23.9. The second-order valence-electron chi connectivity index (χ2n) is 13.8. The third-order valence-corrected chi connectivity index (χ3v) is 10.1. The molecule has 36 heavy (non-hydrogen) atoms. The number of hydrogen-bond donors (Lipinski definition) is 4. The zero-order chi connectivity index (χ0) is 27.2. The Bertz CT molecular complexity index is 842. The van der Waals surface area contributed by atoms with E-state index in [1.807, 2.05) is 32.9 Å². The minimum Gasteiger partial charge on any atom is -0.392 e. The van der Waals surface area contributed by atoms with E-state index in [9.17, 15) is 15.3 Å². The highest BCUT2D eigenvalue weighted by Gasteiger charge is 2.56. The second-order valence-corrected chi connectivity index (χ2v) is 13.8. The molecule has 208 valence electrons. The molecule has 6 heteroatoms. The first-order chi connectivity index (χ1) is 16.5. The van der Waals surface area contributed by atoms with Crippen LogP contribution in [0.1, 0.15) is 113 Å². The third-order valence-electron chi connectivity index (χ3n) is 10.1. The van der Waals surface area contributed by atoms with E-state index in [2.05, 4.69) is 25.7 Å². The Labute approximate surface area is 218 Å². The first-order valence-electron chi connectivity index (χ1n) is 13.9. The number of allylic oxidation sites excluding steroid dienone is 2. The van der Waals surface area contributed by atoms with Crippen LogP contribution < -0.4 is 0 Å². The first-order valence-corrected chi connectivity index (χ1v) is 13.9. The van der Waals surface area contributed by atoms with Crippen molar-refractivity contribution in [2.45, 2.75) is 148 Å². The van der Waals surface area contributed by atoms with Gasteiger partial charge in [-0.05, 0) is 111 Å². The lowest BCUT2D eigenvalue weighted by atomic mass is 9.55. The van der Waals surface area contributed by atoms with Crippen molar-refractivity contribution in [3.05, 3.63) is 23.3 Å². The van der Waals surface area contributed by atoms with Crippen LogP contribution in [-0.4, -0.2) is 55.7 Å². The Kier molecular flexibility index (Phi) is 8.63. The van der Waals surface area contributed by atoms with E-state index in [1.54, 1.807) is 13.8 Å². The quantitative estimate of drug-likeness (QED) is 0.193. The summed E-state index contributed by atoms with van der Waals surface area (Å²) >= 11 is 0. The largest absolute Gasteiger partial charge is 0.392 e. The molecule has 1 saturated heterocycles. The van der Waals surface area contributed by atoms with Crippen molar-refractivity contribution in [3.63, 3.8) is 0 Å². The van der Waals surface area contributed by atoms with Gasteiger partial charge in [0.05, 0.1) is 29.5 Å². The summed E-state index contributed by atoms with van der Waals surface area (Å²) in [4.78, 5) is 4.56. The molecule has 0 bridgehead atoms. The molecule has 1 saturated carbocycles. The molecule has 0 aromatic rings. The summed E-state index contributed by atoms with van der Waals surface area (Å²) in [7, 11) is 0. The number of rotatable bonds is 7. The van der Waals surface area contributed by atoms with Crippen molar-refractivity contribution in [2.24, 2.45) is 16.7 Å².